The zero-order valence-electron chi connectivity index (χ0n) is 11.1. The highest BCUT2D eigenvalue weighted by Crippen LogP contribution is 2.24. The molecule has 0 aliphatic rings. The molecule has 0 fully saturated rings. The predicted octanol–water partition coefficient (Wildman–Crippen LogP) is 5.04. The summed E-state index contributed by atoms with van der Waals surface area (Å²) in [6.45, 7) is 0. The summed E-state index contributed by atoms with van der Waals surface area (Å²) in [6.07, 6.45) is 3.98. The highest BCUT2D eigenvalue weighted by Gasteiger charge is 2.11. The van der Waals surface area contributed by atoms with Gasteiger partial charge in [-0.15, -0.1) is 23.5 Å². The number of anilines is 1. The quantitative estimate of drug-likeness (QED) is 0.799. The fraction of sp³-hybridized carbons (Fsp3) is 0.133. The number of carbonyl (C=O) groups is 1. The lowest BCUT2D eigenvalue weighted by Gasteiger charge is -2.08. The number of hydrogen-bond donors (Lipinski definition) is 1. The molecular weight excluding hydrogens is 310 g/mol. The minimum absolute atomic E-state index is 0.192. The molecule has 0 bridgehead atoms. The maximum absolute atomic E-state index is 12.2. The molecule has 0 aliphatic heterocycles. The number of carbonyl (C=O) groups excluding carboxylic acids is 1. The van der Waals surface area contributed by atoms with Gasteiger partial charge in [-0.2, -0.15) is 0 Å². The number of halogens is 1. The molecule has 2 nitrogen and oxygen atoms in total. The fourth-order valence-corrected chi connectivity index (χ4v) is 2.73. The van der Waals surface area contributed by atoms with E-state index in [1.165, 1.54) is 0 Å². The third-order valence-electron chi connectivity index (χ3n) is 2.77. The Bertz CT molecular complexity index is 614. The van der Waals surface area contributed by atoms with Crippen LogP contribution in [0.25, 0.3) is 0 Å². The maximum atomic E-state index is 12.2. The van der Waals surface area contributed by atoms with Crippen LogP contribution in [0.3, 0.4) is 0 Å². The Labute approximate surface area is 132 Å². The van der Waals surface area contributed by atoms with Gasteiger partial charge in [-0.25, -0.2) is 0 Å². The van der Waals surface area contributed by atoms with Crippen LogP contribution in [0.15, 0.2) is 52.3 Å². The first kappa shape index (κ1) is 15.3. The van der Waals surface area contributed by atoms with E-state index in [9.17, 15) is 4.79 Å². The SMILES string of the molecule is CSc1ccc(NC(=O)c2cc(SC)ccc2Cl)cc1. The van der Waals surface area contributed by atoms with Crippen LogP contribution in [0.5, 0.6) is 0 Å². The molecule has 2 rings (SSSR count). The Hall–Kier alpha value is -1.10. The van der Waals surface area contributed by atoms with Gasteiger partial charge in [0.1, 0.15) is 0 Å². The van der Waals surface area contributed by atoms with Crippen LogP contribution in [-0.4, -0.2) is 18.4 Å². The van der Waals surface area contributed by atoms with Crippen molar-refractivity contribution in [2.24, 2.45) is 0 Å². The van der Waals surface area contributed by atoms with Crippen molar-refractivity contribution in [3.8, 4) is 0 Å². The first-order valence-electron chi connectivity index (χ1n) is 5.93. The maximum Gasteiger partial charge on any atom is 0.257 e. The monoisotopic (exact) mass is 323 g/mol. The molecule has 5 heteroatoms. The van der Waals surface area contributed by atoms with Gasteiger partial charge in [-0.3, -0.25) is 4.79 Å². The van der Waals surface area contributed by atoms with E-state index < -0.39 is 0 Å². The van der Waals surface area contributed by atoms with Gasteiger partial charge in [-0.1, -0.05) is 11.6 Å². The van der Waals surface area contributed by atoms with E-state index in [0.717, 1.165) is 15.5 Å². The molecule has 0 atom stereocenters. The molecule has 0 unspecified atom stereocenters. The number of benzene rings is 2. The summed E-state index contributed by atoms with van der Waals surface area (Å²) in [5.41, 5.74) is 1.26. The Morgan fingerprint density at radius 2 is 1.60 bits per heavy atom. The van der Waals surface area contributed by atoms with Crippen molar-refractivity contribution in [2.45, 2.75) is 9.79 Å². The van der Waals surface area contributed by atoms with E-state index in [-0.39, 0.29) is 5.91 Å². The summed E-state index contributed by atoms with van der Waals surface area (Å²) in [4.78, 5) is 14.4. The topological polar surface area (TPSA) is 29.1 Å². The van der Waals surface area contributed by atoms with Gasteiger partial charge in [0.05, 0.1) is 10.6 Å². The second kappa shape index (κ2) is 7.07. The van der Waals surface area contributed by atoms with Gasteiger partial charge in [0.2, 0.25) is 0 Å². The van der Waals surface area contributed by atoms with Crippen LogP contribution < -0.4 is 5.32 Å². The first-order chi connectivity index (χ1) is 9.63. The minimum atomic E-state index is -0.192. The normalized spacial score (nSPS) is 10.3. The largest absolute Gasteiger partial charge is 0.322 e. The van der Waals surface area contributed by atoms with Gasteiger partial charge in [-0.05, 0) is 55.0 Å². The van der Waals surface area contributed by atoms with Gasteiger partial charge in [0.25, 0.3) is 5.91 Å². The predicted molar refractivity (Wildman–Crippen MR) is 89.4 cm³/mol. The van der Waals surface area contributed by atoms with Crippen molar-refractivity contribution in [3.05, 3.63) is 53.1 Å². The lowest BCUT2D eigenvalue weighted by molar-refractivity contribution is 0.102. The highest BCUT2D eigenvalue weighted by atomic mass is 35.5. The van der Waals surface area contributed by atoms with Crippen LogP contribution in [0.1, 0.15) is 10.4 Å². The summed E-state index contributed by atoms with van der Waals surface area (Å²) in [5, 5.41) is 3.32. The molecule has 0 radical (unpaired) electrons. The van der Waals surface area contributed by atoms with E-state index in [1.54, 1.807) is 35.7 Å². The molecule has 104 valence electrons. The molecule has 1 N–H and O–H groups in total. The smallest absolute Gasteiger partial charge is 0.257 e. The first-order valence-corrected chi connectivity index (χ1v) is 8.75. The summed E-state index contributed by atoms with van der Waals surface area (Å²) in [6, 6.07) is 13.2. The summed E-state index contributed by atoms with van der Waals surface area (Å²) in [7, 11) is 0. The molecule has 2 aromatic carbocycles. The average molecular weight is 324 g/mol. The Balaban J connectivity index is 2.18. The number of amides is 1. The molecule has 2 aromatic rings. The Morgan fingerprint density at radius 1 is 1.00 bits per heavy atom. The average Bonchev–Trinajstić information content (AvgIpc) is 2.48. The van der Waals surface area contributed by atoms with Gasteiger partial charge in [0, 0.05) is 15.5 Å². The molecule has 0 heterocycles. The molecule has 20 heavy (non-hydrogen) atoms. The van der Waals surface area contributed by atoms with E-state index in [1.807, 2.05) is 42.8 Å². The lowest BCUT2D eigenvalue weighted by Crippen LogP contribution is -2.12. The van der Waals surface area contributed by atoms with Crippen molar-refractivity contribution in [3.63, 3.8) is 0 Å². The third-order valence-corrected chi connectivity index (χ3v) is 4.56. The summed E-state index contributed by atoms with van der Waals surface area (Å²) >= 11 is 9.33. The zero-order valence-corrected chi connectivity index (χ0v) is 13.5. The molecular formula is C15H14ClNOS2. The third kappa shape index (κ3) is 3.72. The second-order valence-electron chi connectivity index (χ2n) is 4.03. The van der Waals surface area contributed by atoms with E-state index >= 15 is 0 Å². The van der Waals surface area contributed by atoms with Crippen LogP contribution in [0.4, 0.5) is 5.69 Å². The van der Waals surface area contributed by atoms with E-state index in [0.29, 0.717) is 10.6 Å². The van der Waals surface area contributed by atoms with Crippen molar-refractivity contribution < 1.29 is 4.79 Å². The lowest BCUT2D eigenvalue weighted by atomic mass is 10.2. The Morgan fingerprint density at radius 3 is 2.20 bits per heavy atom. The van der Waals surface area contributed by atoms with Crippen molar-refractivity contribution in [1.29, 1.82) is 0 Å². The standard InChI is InChI=1S/C15H14ClNOS2/c1-19-11-5-3-10(4-6-11)17-15(18)13-9-12(20-2)7-8-14(13)16/h3-9H,1-2H3,(H,17,18). The Kier molecular flexibility index (Phi) is 5.40. The number of nitrogens with one attached hydrogen (secondary N) is 1. The van der Waals surface area contributed by atoms with Gasteiger partial charge in [0.15, 0.2) is 0 Å². The van der Waals surface area contributed by atoms with E-state index in [4.69, 9.17) is 11.6 Å². The van der Waals surface area contributed by atoms with Crippen LogP contribution >= 0.6 is 35.1 Å². The molecule has 0 saturated heterocycles. The number of rotatable bonds is 4. The zero-order chi connectivity index (χ0) is 14.5. The summed E-state index contributed by atoms with van der Waals surface area (Å²) < 4.78 is 0. The molecule has 0 aromatic heterocycles. The number of thioether (sulfide) groups is 2. The van der Waals surface area contributed by atoms with Crippen molar-refractivity contribution in [2.75, 3.05) is 17.8 Å². The molecule has 0 saturated carbocycles. The fourth-order valence-electron chi connectivity index (χ4n) is 1.68. The minimum Gasteiger partial charge on any atom is -0.322 e. The summed E-state index contributed by atoms with van der Waals surface area (Å²) in [5.74, 6) is -0.192. The second-order valence-corrected chi connectivity index (χ2v) is 6.19. The number of hydrogen-bond acceptors (Lipinski definition) is 3. The molecule has 0 spiro atoms. The van der Waals surface area contributed by atoms with Crippen molar-refractivity contribution in [1.82, 2.24) is 0 Å². The van der Waals surface area contributed by atoms with E-state index in [2.05, 4.69) is 5.32 Å². The molecule has 0 aliphatic carbocycles. The van der Waals surface area contributed by atoms with Gasteiger partial charge < -0.3 is 5.32 Å². The van der Waals surface area contributed by atoms with Gasteiger partial charge >= 0.3 is 0 Å². The van der Waals surface area contributed by atoms with Crippen LogP contribution in [0, 0.1) is 0 Å². The van der Waals surface area contributed by atoms with Crippen LogP contribution in [-0.2, 0) is 0 Å². The van der Waals surface area contributed by atoms with Crippen molar-refractivity contribution >= 4 is 46.7 Å². The highest BCUT2D eigenvalue weighted by molar-refractivity contribution is 7.98. The van der Waals surface area contributed by atoms with Crippen LogP contribution in [0.2, 0.25) is 5.02 Å². The molecule has 1 amide bonds.